The minimum Gasteiger partial charge on any atom is -0.481 e. The number of fused-ring (bicyclic) bond motifs is 1. The number of pyridine rings is 1. The van der Waals surface area contributed by atoms with E-state index in [0.29, 0.717) is 17.0 Å². The number of carbonyl (C=O) groups is 2. The molecule has 0 atom stereocenters. The van der Waals surface area contributed by atoms with Gasteiger partial charge in [0.15, 0.2) is 0 Å². The third-order valence-electron chi connectivity index (χ3n) is 2.91. The lowest BCUT2D eigenvalue weighted by Crippen LogP contribution is -2.30. The molecule has 19 heavy (non-hydrogen) atoms. The first-order valence-corrected chi connectivity index (χ1v) is 5.91. The van der Waals surface area contributed by atoms with Crippen molar-refractivity contribution in [1.82, 2.24) is 14.3 Å². The van der Waals surface area contributed by atoms with Crippen LogP contribution < -0.4 is 0 Å². The lowest BCUT2D eigenvalue weighted by molar-refractivity contribution is -0.137. The van der Waals surface area contributed by atoms with Gasteiger partial charge in [-0.05, 0) is 19.1 Å². The van der Waals surface area contributed by atoms with Crippen LogP contribution in [0.1, 0.15) is 22.6 Å². The number of aromatic nitrogens is 2. The number of aliphatic carboxylic acids is 1. The number of nitrogens with zero attached hydrogens (tertiary/aromatic N) is 3. The quantitative estimate of drug-likeness (QED) is 0.897. The first-order chi connectivity index (χ1) is 9.00. The monoisotopic (exact) mass is 261 g/mol. The maximum atomic E-state index is 12.3. The second kappa shape index (κ2) is 5.09. The summed E-state index contributed by atoms with van der Waals surface area (Å²) in [5.41, 5.74) is 1.82. The SMILES string of the molecule is Cc1nc2ccccn2c1C(=O)N(C)CCC(=O)O. The molecule has 6 heteroatoms. The highest BCUT2D eigenvalue weighted by molar-refractivity contribution is 5.94. The summed E-state index contributed by atoms with van der Waals surface area (Å²) in [5.74, 6) is -1.15. The molecule has 2 rings (SSSR count). The smallest absolute Gasteiger partial charge is 0.305 e. The molecular weight excluding hydrogens is 246 g/mol. The predicted octanol–water partition coefficient (Wildman–Crippen LogP) is 1.19. The zero-order valence-electron chi connectivity index (χ0n) is 10.8. The molecule has 0 spiro atoms. The van der Waals surface area contributed by atoms with Gasteiger partial charge in [0.2, 0.25) is 0 Å². The Morgan fingerprint density at radius 3 is 2.84 bits per heavy atom. The van der Waals surface area contributed by atoms with Gasteiger partial charge in [0, 0.05) is 19.8 Å². The van der Waals surface area contributed by atoms with Gasteiger partial charge in [-0.2, -0.15) is 0 Å². The van der Waals surface area contributed by atoms with E-state index in [1.807, 2.05) is 18.2 Å². The average Bonchev–Trinajstić information content (AvgIpc) is 2.70. The van der Waals surface area contributed by atoms with E-state index >= 15 is 0 Å². The predicted molar refractivity (Wildman–Crippen MR) is 69.1 cm³/mol. The van der Waals surface area contributed by atoms with Crippen LogP contribution in [0.15, 0.2) is 24.4 Å². The van der Waals surface area contributed by atoms with Gasteiger partial charge < -0.3 is 10.0 Å². The van der Waals surface area contributed by atoms with Crippen molar-refractivity contribution >= 4 is 17.5 Å². The van der Waals surface area contributed by atoms with Crippen LogP contribution in [-0.4, -0.2) is 44.9 Å². The molecule has 0 saturated carbocycles. The summed E-state index contributed by atoms with van der Waals surface area (Å²) < 4.78 is 1.72. The van der Waals surface area contributed by atoms with E-state index in [1.54, 1.807) is 24.6 Å². The molecule has 0 aliphatic heterocycles. The fourth-order valence-corrected chi connectivity index (χ4v) is 1.92. The Kier molecular flexibility index (Phi) is 3.50. The third-order valence-corrected chi connectivity index (χ3v) is 2.91. The maximum Gasteiger partial charge on any atom is 0.305 e. The summed E-state index contributed by atoms with van der Waals surface area (Å²) in [4.78, 5) is 28.6. The van der Waals surface area contributed by atoms with Crippen molar-refractivity contribution in [3.63, 3.8) is 0 Å². The van der Waals surface area contributed by atoms with Crippen LogP contribution in [0.4, 0.5) is 0 Å². The fraction of sp³-hybridized carbons (Fsp3) is 0.308. The second-order valence-electron chi connectivity index (χ2n) is 4.35. The van der Waals surface area contributed by atoms with Crippen LogP contribution >= 0.6 is 0 Å². The maximum absolute atomic E-state index is 12.3. The summed E-state index contributed by atoms with van der Waals surface area (Å²) in [6, 6.07) is 5.49. The molecular formula is C13H15N3O3. The van der Waals surface area contributed by atoms with Crippen LogP contribution in [0.5, 0.6) is 0 Å². The number of carbonyl (C=O) groups excluding carboxylic acids is 1. The number of rotatable bonds is 4. The summed E-state index contributed by atoms with van der Waals surface area (Å²) in [7, 11) is 1.59. The van der Waals surface area contributed by atoms with Crippen LogP contribution in [0, 0.1) is 6.92 Å². The minimum atomic E-state index is -0.922. The van der Waals surface area contributed by atoms with Crippen LogP contribution in [0.3, 0.4) is 0 Å². The molecule has 6 nitrogen and oxygen atoms in total. The molecule has 0 radical (unpaired) electrons. The van der Waals surface area contributed by atoms with E-state index in [0.717, 1.165) is 0 Å². The summed E-state index contributed by atoms with van der Waals surface area (Å²) in [5, 5.41) is 8.65. The normalized spacial score (nSPS) is 10.6. The van der Waals surface area contributed by atoms with E-state index < -0.39 is 5.97 Å². The standard InChI is InChI=1S/C13H15N3O3/c1-9-12(13(19)15(2)8-6-11(17)18)16-7-4-3-5-10(16)14-9/h3-5,7H,6,8H2,1-2H3,(H,17,18). The zero-order valence-corrected chi connectivity index (χ0v) is 10.8. The lowest BCUT2D eigenvalue weighted by Gasteiger charge is -2.16. The van der Waals surface area contributed by atoms with E-state index in [9.17, 15) is 9.59 Å². The lowest BCUT2D eigenvalue weighted by atomic mass is 10.3. The highest BCUT2D eigenvalue weighted by Gasteiger charge is 2.20. The Bertz CT molecular complexity index is 633. The first-order valence-electron chi connectivity index (χ1n) is 5.91. The zero-order chi connectivity index (χ0) is 14.0. The number of imidazole rings is 1. The molecule has 2 heterocycles. The van der Waals surface area contributed by atoms with Crippen molar-refractivity contribution in [3.8, 4) is 0 Å². The van der Waals surface area contributed by atoms with Gasteiger partial charge in [0.05, 0.1) is 12.1 Å². The number of hydrogen-bond acceptors (Lipinski definition) is 3. The van der Waals surface area contributed by atoms with Crippen LogP contribution in [0.2, 0.25) is 0 Å². The Labute approximate surface area is 110 Å². The molecule has 1 amide bonds. The van der Waals surface area contributed by atoms with Crippen molar-refractivity contribution in [3.05, 3.63) is 35.8 Å². The molecule has 2 aromatic rings. The van der Waals surface area contributed by atoms with Crippen LogP contribution in [-0.2, 0) is 4.79 Å². The van der Waals surface area contributed by atoms with E-state index in [2.05, 4.69) is 4.98 Å². The topological polar surface area (TPSA) is 74.9 Å². The average molecular weight is 261 g/mol. The van der Waals surface area contributed by atoms with Crippen LogP contribution in [0.25, 0.3) is 5.65 Å². The second-order valence-corrected chi connectivity index (χ2v) is 4.35. The molecule has 0 fully saturated rings. The van der Waals surface area contributed by atoms with Crippen molar-refractivity contribution < 1.29 is 14.7 Å². The van der Waals surface area contributed by atoms with Gasteiger partial charge in [-0.3, -0.25) is 14.0 Å². The number of carboxylic acid groups (broad SMARTS) is 1. The number of hydrogen-bond donors (Lipinski definition) is 1. The third kappa shape index (κ3) is 2.57. The van der Waals surface area contributed by atoms with Crippen molar-refractivity contribution in [1.29, 1.82) is 0 Å². The summed E-state index contributed by atoms with van der Waals surface area (Å²) >= 11 is 0. The van der Waals surface area contributed by atoms with E-state index in [4.69, 9.17) is 5.11 Å². The number of carboxylic acids is 1. The number of aryl methyl sites for hydroxylation is 1. The van der Waals surface area contributed by atoms with Gasteiger partial charge >= 0.3 is 5.97 Å². The Morgan fingerprint density at radius 2 is 2.16 bits per heavy atom. The van der Waals surface area contributed by atoms with Gasteiger partial charge in [-0.1, -0.05) is 6.07 Å². The highest BCUT2D eigenvalue weighted by Crippen LogP contribution is 2.13. The molecule has 0 aliphatic carbocycles. The Balaban J connectivity index is 2.30. The molecule has 100 valence electrons. The molecule has 0 bridgehead atoms. The van der Waals surface area contributed by atoms with Crippen molar-refractivity contribution in [2.45, 2.75) is 13.3 Å². The van der Waals surface area contributed by atoms with Crippen molar-refractivity contribution in [2.75, 3.05) is 13.6 Å². The molecule has 0 saturated heterocycles. The molecule has 0 unspecified atom stereocenters. The molecule has 2 aromatic heterocycles. The molecule has 0 aliphatic rings. The molecule has 1 N–H and O–H groups in total. The largest absolute Gasteiger partial charge is 0.481 e. The summed E-state index contributed by atoms with van der Waals surface area (Å²) in [6.07, 6.45) is 1.70. The minimum absolute atomic E-state index is 0.0714. The van der Waals surface area contributed by atoms with Gasteiger partial charge in [-0.15, -0.1) is 0 Å². The fourth-order valence-electron chi connectivity index (χ4n) is 1.92. The Morgan fingerprint density at radius 1 is 1.42 bits per heavy atom. The van der Waals surface area contributed by atoms with Crippen molar-refractivity contribution in [2.24, 2.45) is 0 Å². The van der Waals surface area contributed by atoms with E-state index in [-0.39, 0.29) is 18.9 Å². The summed E-state index contributed by atoms with van der Waals surface area (Å²) in [6.45, 7) is 1.94. The van der Waals surface area contributed by atoms with Gasteiger partial charge in [-0.25, -0.2) is 4.98 Å². The number of amides is 1. The molecule has 0 aromatic carbocycles. The Hall–Kier alpha value is -2.37. The van der Waals surface area contributed by atoms with E-state index in [1.165, 1.54) is 4.90 Å². The highest BCUT2D eigenvalue weighted by atomic mass is 16.4. The van der Waals surface area contributed by atoms with Gasteiger partial charge in [0.1, 0.15) is 11.3 Å². The van der Waals surface area contributed by atoms with Gasteiger partial charge in [0.25, 0.3) is 5.91 Å². The first kappa shape index (κ1) is 13.1.